The smallest absolute Gasteiger partial charge is 0.257 e. The van der Waals surface area contributed by atoms with Gasteiger partial charge in [-0.3, -0.25) is 9.78 Å². The molecule has 3 heterocycles. The lowest BCUT2D eigenvalue weighted by atomic mass is 10.1. The largest absolute Gasteiger partial charge is 0.472 e. The molecule has 0 bridgehead atoms. The maximum atomic E-state index is 12.8. The SMILES string of the molecule is O=C(c1ccoc1)N(Cc1ccccn1)[C@H]1CCCNCC1. The van der Waals surface area contributed by atoms with Gasteiger partial charge in [0.05, 0.1) is 24.1 Å². The number of pyridine rings is 1. The number of hydrogen-bond acceptors (Lipinski definition) is 4. The Morgan fingerprint density at radius 1 is 1.32 bits per heavy atom. The average molecular weight is 299 g/mol. The van der Waals surface area contributed by atoms with E-state index in [0.717, 1.165) is 38.0 Å². The molecular weight excluding hydrogens is 278 g/mol. The third-order valence-corrected chi connectivity index (χ3v) is 4.07. The summed E-state index contributed by atoms with van der Waals surface area (Å²) in [5.41, 5.74) is 1.52. The molecule has 5 heteroatoms. The van der Waals surface area contributed by atoms with Gasteiger partial charge in [0.1, 0.15) is 6.26 Å². The molecule has 1 aliphatic rings. The first kappa shape index (κ1) is 14.8. The van der Waals surface area contributed by atoms with Crippen molar-refractivity contribution in [2.75, 3.05) is 13.1 Å². The fraction of sp³-hybridized carbons (Fsp3) is 0.412. The van der Waals surface area contributed by atoms with Crippen molar-refractivity contribution < 1.29 is 9.21 Å². The van der Waals surface area contributed by atoms with Crippen LogP contribution in [0.2, 0.25) is 0 Å². The van der Waals surface area contributed by atoms with Gasteiger partial charge in [-0.05, 0) is 50.6 Å². The standard InChI is InChI=1S/C17H21N3O2/c21-17(14-7-11-22-13-14)20(12-15-4-1-2-9-19-15)16-5-3-8-18-10-6-16/h1-2,4,7,9,11,13,16,18H,3,5-6,8,10,12H2/t16-/m0/s1. The fourth-order valence-electron chi connectivity index (χ4n) is 2.90. The summed E-state index contributed by atoms with van der Waals surface area (Å²) in [6, 6.07) is 7.77. The molecule has 0 unspecified atom stereocenters. The Labute approximate surface area is 130 Å². The molecule has 1 fully saturated rings. The van der Waals surface area contributed by atoms with E-state index in [2.05, 4.69) is 10.3 Å². The molecule has 116 valence electrons. The number of nitrogens with one attached hydrogen (secondary N) is 1. The lowest BCUT2D eigenvalue weighted by molar-refractivity contribution is 0.0641. The van der Waals surface area contributed by atoms with Gasteiger partial charge in [0.25, 0.3) is 5.91 Å². The van der Waals surface area contributed by atoms with Crippen molar-refractivity contribution in [1.82, 2.24) is 15.2 Å². The summed E-state index contributed by atoms with van der Waals surface area (Å²) >= 11 is 0. The summed E-state index contributed by atoms with van der Waals surface area (Å²) in [6.45, 7) is 2.51. The molecule has 1 N–H and O–H groups in total. The molecule has 0 spiro atoms. The van der Waals surface area contributed by atoms with Gasteiger partial charge in [0.15, 0.2) is 0 Å². The van der Waals surface area contributed by atoms with Crippen molar-refractivity contribution in [1.29, 1.82) is 0 Å². The van der Waals surface area contributed by atoms with Gasteiger partial charge < -0.3 is 14.6 Å². The van der Waals surface area contributed by atoms with Crippen molar-refractivity contribution in [2.45, 2.75) is 31.8 Å². The molecule has 22 heavy (non-hydrogen) atoms. The number of furan rings is 1. The Morgan fingerprint density at radius 2 is 2.27 bits per heavy atom. The van der Waals surface area contributed by atoms with Gasteiger partial charge in [0, 0.05) is 12.2 Å². The molecule has 1 aliphatic heterocycles. The highest BCUT2D eigenvalue weighted by Gasteiger charge is 2.26. The zero-order chi connectivity index (χ0) is 15.2. The Hall–Kier alpha value is -2.14. The zero-order valence-electron chi connectivity index (χ0n) is 12.6. The predicted octanol–water partition coefficient (Wildman–Crippen LogP) is 2.46. The molecule has 0 radical (unpaired) electrons. The van der Waals surface area contributed by atoms with Crippen LogP contribution in [-0.4, -0.2) is 34.9 Å². The monoisotopic (exact) mass is 299 g/mol. The number of hydrogen-bond donors (Lipinski definition) is 1. The van der Waals surface area contributed by atoms with Crippen molar-refractivity contribution in [3.63, 3.8) is 0 Å². The van der Waals surface area contributed by atoms with Crippen LogP contribution in [0.5, 0.6) is 0 Å². The van der Waals surface area contributed by atoms with E-state index in [9.17, 15) is 4.79 Å². The van der Waals surface area contributed by atoms with E-state index in [0.29, 0.717) is 12.1 Å². The minimum Gasteiger partial charge on any atom is -0.472 e. The Kier molecular flexibility index (Phi) is 4.85. The Balaban J connectivity index is 1.82. The van der Waals surface area contributed by atoms with Gasteiger partial charge in [-0.25, -0.2) is 0 Å². The topological polar surface area (TPSA) is 58.4 Å². The second-order valence-corrected chi connectivity index (χ2v) is 5.60. The van der Waals surface area contributed by atoms with E-state index in [4.69, 9.17) is 4.42 Å². The van der Waals surface area contributed by atoms with Crippen LogP contribution < -0.4 is 5.32 Å². The summed E-state index contributed by atoms with van der Waals surface area (Å²) < 4.78 is 5.07. The normalized spacial score (nSPS) is 18.6. The highest BCUT2D eigenvalue weighted by atomic mass is 16.3. The molecule has 0 aromatic carbocycles. The summed E-state index contributed by atoms with van der Waals surface area (Å²) in [7, 11) is 0. The third kappa shape index (κ3) is 3.54. The molecule has 5 nitrogen and oxygen atoms in total. The first-order valence-corrected chi connectivity index (χ1v) is 7.78. The molecule has 2 aromatic rings. The van der Waals surface area contributed by atoms with Crippen LogP contribution in [0.1, 0.15) is 35.3 Å². The molecule has 3 rings (SSSR count). The van der Waals surface area contributed by atoms with Gasteiger partial charge in [-0.2, -0.15) is 0 Å². The first-order valence-electron chi connectivity index (χ1n) is 7.78. The van der Waals surface area contributed by atoms with Crippen molar-refractivity contribution in [3.05, 3.63) is 54.2 Å². The van der Waals surface area contributed by atoms with Crippen LogP contribution in [0.3, 0.4) is 0 Å². The number of nitrogens with zero attached hydrogens (tertiary/aromatic N) is 2. The number of carbonyl (C=O) groups is 1. The van der Waals surface area contributed by atoms with Crippen LogP contribution in [0.25, 0.3) is 0 Å². The van der Waals surface area contributed by atoms with E-state index in [-0.39, 0.29) is 11.9 Å². The second kappa shape index (κ2) is 7.22. The maximum absolute atomic E-state index is 12.8. The fourth-order valence-corrected chi connectivity index (χ4v) is 2.90. The maximum Gasteiger partial charge on any atom is 0.257 e. The summed E-state index contributed by atoms with van der Waals surface area (Å²) in [6.07, 6.45) is 7.90. The number of aromatic nitrogens is 1. The predicted molar refractivity (Wildman–Crippen MR) is 83.3 cm³/mol. The van der Waals surface area contributed by atoms with Gasteiger partial charge >= 0.3 is 0 Å². The van der Waals surface area contributed by atoms with Crippen LogP contribution in [0.15, 0.2) is 47.4 Å². The van der Waals surface area contributed by atoms with Crippen LogP contribution in [-0.2, 0) is 6.54 Å². The molecular formula is C17H21N3O2. The van der Waals surface area contributed by atoms with Crippen molar-refractivity contribution >= 4 is 5.91 Å². The van der Waals surface area contributed by atoms with E-state index in [1.165, 1.54) is 6.26 Å². The minimum absolute atomic E-state index is 0.0197. The highest BCUT2D eigenvalue weighted by molar-refractivity contribution is 5.94. The number of rotatable bonds is 4. The van der Waals surface area contributed by atoms with Crippen molar-refractivity contribution in [3.8, 4) is 0 Å². The quantitative estimate of drug-likeness (QED) is 0.942. The lowest BCUT2D eigenvalue weighted by Gasteiger charge is -2.30. The van der Waals surface area contributed by atoms with Gasteiger partial charge in [-0.15, -0.1) is 0 Å². The average Bonchev–Trinajstić information content (AvgIpc) is 2.96. The van der Waals surface area contributed by atoms with E-state index < -0.39 is 0 Å². The number of carbonyl (C=O) groups excluding carboxylic acids is 1. The Morgan fingerprint density at radius 3 is 3.05 bits per heavy atom. The summed E-state index contributed by atoms with van der Waals surface area (Å²) in [4.78, 5) is 19.2. The van der Waals surface area contributed by atoms with Gasteiger partial charge in [-0.1, -0.05) is 6.07 Å². The van der Waals surface area contributed by atoms with E-state index in [1.807, 2.05) is 23.1 Å². The van der Waals surface area contributed by atoms with Crippen LogP contribution in [0, 0.1) is 0 Å². The molecule has 0 saturated carbocycles. The van der Waals surface area contributed by atoms with E-state index in [1.54, 1.807) is 18.5 Å². The highest BCUT2D eigenvalue weighted by Crippen LogP contribution is 2.19. The van der Waals surface area contributed by atoms with Gasteiger partial charge in [0.2, 0.25) is 0 Å². The van der Waals surface area contributed by atoms with Crippen LogP contribution >= 0.6 is 0 Å². The first-order chi connectivity index (χ1) is 10.8. The summed E-state index contributed by atoms with van der Waals surface area (Å²) in [5.74, 6) is 0.0197. The molecule has 1 saturated heterocycles. The molecule has 2 aromatic heterocycles. The number of amides is 1. The molecule has 1 amide bonds. The van der Waals surface area contributed by atoms with Crippen molar-refractivity contribution in [2.24, 2.45) is 0 Å². The molecule has 0 aliphatic carbocycles. The van der Waals surface area contributed by atoms with Crippen LogP contribution in [0.4, 0.5) is 0 Å². The second-order valence-electron chi connectivity index (χ2n) is 5.60. The Bertz CT molecular complexity index is 575. The summed E-state index contributed by atoms with van der Waals surface area (Å²) in [5, 5.41) is 3.40. The van der Waals surface area contributed by atoms with E-state index >= 15 is 0 Å². The zero-order valence-corrected chi connectivity index (χ0v) is 12.6. The molecule has 1 atom stereocenters. The minimum atomic E-state index is 0.0197. The third-order valence-electron chi connectivity index (χ3n) is 4.07. The lowest BCUT2D eigenvalue weighted by Crippen LogP contribution is -2.40.